The molecule has 0 saturated carbocycles. The normalized spacial score (nSPS) is 10.2. The van der Waals surface area contributed by atoms with Crippen molar-refractivity contribution in [2.45, 2.75) is 0 Å². The molecule has 0 aliphatic carbocycles. The third-order valence-electron chi connectivity index (χ3n) is 2.49. The van der Waals surface area contributed by atoms with Crippen LogP contribution < -0.4 is 10.5 Å². The Bertz CT molecular complexity index is 664. The largest absolute Gasteiger partial charge is 0.465 e. The average molecular weight is 358 g/mol. The third-order valence-corrected chi connectivity index (χ3v) is 3.43. The highest BCUT2D eigenvalue weighted by atomic mass is 79.9. The van der Waals surface area contributed by atoms with E-state index in [1.54, 1.807) is 24.4 Å². The van der Waals surface area contributed by atoms with Crippen molar-refractivity contribution in [2.75, 3.05) is 12.8 Å². The van der Waals surface area contributed by atoms with Crippen LogP contribution in [0.4, 0.5) is 5.69 Å². The van der Waals surface area contributed by atoms with Crippen LogP contribution in [0.5, 0.6) is 11.5 Å². The molecule has 1 aromatic carbocycles. The maximum atomic E-state index is 11.8. The van der Waals surface area contributed by atoms with Gasteiger partial charge in [-0.1, -0.05) is 17.7 Å². The van der Waals surface area contributed by atoms with Crippen LogP contribution in [0, 0.1) is 0 Å². The van der Waals surface area contributed by atoms with Gasteiger partial charge in [-0.15, -0.1) is 0 Å². The summed E-state index contributed by atoms with van der Waals surface area (Å²) < 4.78 is 10.9. The molecule has 1 heterocycles. The molecule has 0 aliphatic rings. The zero-order chi connectivity index (χ0) is 14.7. The van der Waals surface area contributed by atoms with Crippen molar-refractivity contribution in [3.05, 3.63) is 45.7 Å². The number of esters is 1. The Morgan fingerprint density at radius 3 is 2.80 bits per heavy atom. The molecule has 0 bridgehead atoms. The highest BCUT2D eigenvalue weighted by Crippen LogP contribution is 2.35. The van der Waals surface area contributed by atoms with Crippen molar-refractivity contribution >= 4 is 39.2 Å². The van der Waals surface area contributed by atoms with Crippen molar-refractivity contribution in [1.82, 2.24) is 4.98 Å². The molecule has 0 saturated heterocycles. The summed E-state index contributed by atoms with van der Waals surface area (Å²) in [6.07, 6.45) is 2.99. The first-order chi connectivity index (χ1) is 9.54. The zero-order valence-electron chi connectivity index (χ0n) is 10.4. The number of hydrogen-bond acceptors (Lipinski definition) is 5. The standard InChI is InChI=1S/C13H10BrClN2O3/c1-19-13(18)11-8(15)3-2-4-9(11)20-10-6-17-5-7(14)12(10)16/h2-6H,1H3,(H2,16,17). The molecule has 2 rings (SSSR count). The first-order valence-electron chi connectivity index (χ1n) is 5.48. The molecule has 0 radical (unpaired) electrons. The SMILES string of the molecule is COC(=O)c1c(Cl)cccc1Oc1cncc(Br)c1N. The van der Waals surface area contributed by atoms with Crippen LogP contribution >= 0.6 is 27.5 Å². The lowest BCUT2D eigenvalue weighted by molar-refractivity contribution is 0.0598. The van der Waals surface area contributed by atoms with E-state index in [0.717, 1.165) is 0 Å². The lowest BCUT2D eigenvalue weighted by Gasteiger charge is -2.12. The highest BCUT2D eigenvalue weighted by Gasteiger charge is 2.18. The van der Waals surface area contributed by atoms with Crippen LogP contribution in [-0.2, 0) is 4.74 Å². The molecule has 0 spiro atoms. The summed E-state index contributed by atoms with van der Waals surface area (Å²) in [5, 5.41) is 0.232. The van der Waals surface area contributed by atoms with Gasteiger partial charge in [0, 0.05) is 6.20 Å². The van der Waals surface area contributed by atoms with Crippen molar-refractivity contribution in [1.29, 1.82) is 0 Å². The topological polar surface area (TPSA) is 74.4 Å². The summed E-state index contributed by atoms with van der Waals surface area (Å²) in [6, 6.07) is 4.83. The summed E-state index contributed by atoms with van der Waals surface area (Å²) in [5.74, 6) is -0.0325. The minimum atomic E-state index is -0.591. The molecule has 0 atom stereocenters. The summed E-state index contributed by atoms with van der Waals surface area (Å²) in [7, 11) is 1.27. The van der Waals surface area contributed by atoms with Crippen LogP contribution in [-0.4, -0.2) is 18.1 Å². The number of anilines is 1. The minimum Gasteiger partial charge on any atom is -0.465 e. The first kappa shape index (κ1) is 14.6. The second kappa shape index (κ2) is 6.11. The number of methoxy groups -OCH3 is 1. The smallest absolute Gasteiger partial charge is 0.343 e. The van der Waals surface area contributed by atoms with Gasteiger partial charge < -0.3 is 15.2 Å². The van der Waals surface area contributed by atoms with Gasteiger partial charge in [-0.05, 0) is 28.1 Å². The highest BCUT2D eigenvalue weighted by molar-refractivity contribution is 9.10. The number of benzene rings is 1. The van der Waals surface area contributed by atoms with Crippen molar-refractivity contribution in [3.8, 4) is 11.5 Å². The zero-order valence-corrected chi connectivity index (χ0v) is 12.7. The number of rotatable bonds is 3. The quantitative estimate of drug-likeness (QED) is 0.849. The molecule has 2 aromatic rings. The summed E-state index contributed by atoms with van der Waals surface area (Å²) in [6.45, 7) is 0. The van der Waals surface area contributed by atoms with Gasteiger partial charge in [0.2, 0.25) is 0 Å². The second-order valence-corrected chi connectivity index (χ2v) is 5.00. The number of carbonyl (C=O) groups is 1. The van der Waals surface area contributed by atoms with Crippen LogP contribution in [0.3, 0.4) is 0 Å². The van der Waals surface area contributed by atoms with Crippen molar-refractivity contribution < 1.29 is 14.3 Å². The van der Waals surface area contributed by atoms with E-state index < -0.39 is 5.97 Å². The molecular formula is C13H10BrClN2O3. The number of halogens is 2. The van der Waals surface area contributed by atoms with Crippen LogP contribution in [0.1, 0.15) is 10.4 Å². The molecule has 20 heavy (non-hydrogen) atoms. The van der Waals surface area contributed by atoms with E-state index in [2.05, 4.69) is 25.7 Å². The number of pyridine rings is 1. The van der Waals surface area contributed by atoms with Crippen molar-refractivity contribution in [2.24, 2.45) is 0 Å². The van der Waals surface area contributed by atoms with Crippen LogP contribution in [0.2, 0.25) is 5.02 Å². The average Bonchev–Trinajstić information content (AvgIpc) is 2.43. The predicted molar refractivity (Wildman–Crippen MR) is 79.2 cm³/mol. The molecule has 0 aliphatic heterocycles. The van der Waals surface area contributed by atoms with E-state index in [1.807, 2.05) is 0 Å². The van der Waals surface area contributed by atoms with Crippen molar-refractivity contribution in [3.63, 3.8) is 0 Å². The number of nitrogens with zero attached hydrogens (tertiary/aromatic N) is 1. The van der Waals surface area contributed by atoms with Gasteiger partial charge in [-0.25, -0.2) is 4.79 Å². The molecule has 0 fully saturated rings. The predicted octanol–water partition coefficient (Wildman–Crippen LogP) is 3.66. The number of carbonyl (C=O) groups excluding carboxylic acids is 1. The molecule has 1 aromatic heterocycles. The molecular weight excluding hydrogens is 348 g/mol. The van der Waals surface area contributed by atoms with E-state index in [4.69, 9.17) is 22.1 Å². The van der Waals surface area contributed by atoms with Gasteiger partial charge in [0.1, 0.15) is 11.3 Å². The van der Waals surface area contributed by atoms with E-state index >= 15 is 0 Å². The maximum Gasteiger partial charge on any atom is 0.343 e. The number of nitrogen functional groups attached to an aromatic ring is 1. The van der Waals surface area contributed by atoms with Gasteiger partial charge in [-0.3, -0.25) is 4.98 Å². The molecule has 2 N–H and O–H groups in total. The Labute approximate surface area is 128 Å². The molecule has 0 amide bonds. The molecule has 5 nitrogen and oxygen atoms in total. The lowest BCUT2D eigenvalue weighted by Crippen LogP contribution is -2.05. The van der Waals surface area contributed by atoms with Crippen LogP contribution in [0.25, 0.3) is 0 Å². The summed E-state index contributed by atoms with van der Waals surface area (Å²) in [5.41, 5.74) is 6.37. The van der Waals surface area contributed by atoms with Gasteiger partial charge in [0.25, 0.3) is 0 Å². The fourth-order valence-corrected chi connectivity index (χ4v) is 2.07. The van der Waals surface area contributed by atoms with Gasteiger partial charge in [0.15, 0.2) is 5.75 Å². The molecule has 104 valence electrons. The fourth-order valence-electron chi connectivity index (χ4n) is 1.52. The Hall–Kier alpha value is -1.79. The second-order valence-electron chi connectivity index (χ2n) is 3.74. The molecule has 7 heteroatoms. The number of hydrogen-bond donors (Lipinski definition) is 1. The minimum absolute atomic E-state index is 0.135. The number of aromatic nitrogens is 1. The van der Waals surface area contributed by atoms with E-state index in [9.17, 15) is 4.79 Å². The fraction of sp³-hybridized carbons (Fsp3) is 0.0769. The lowest BCUT2D eigenvalue weighted by atomic mass is 10.2. The Balaban J connectivity index is 2.46. The van der Waals surface area contributed by atoms with Gasteiger partial charge in [0.05, 0.1) is 28.5 Å². The maximum absolute atomic E-state index is 11.8. The Kier molecular flexibility index (Phi) is 4.46. The first-order valence-corrected chi connectivity index (χ1v) is 6.65. The van der Waals surface area contributed by atoms with Crippen LogP contribution in [0.15, 0.2) is 35.1 Å². The van der Waals surface area contributed by atoms with E-state index in [-0.39, 0.29) is 16.3 Å². The summed E-state index contributed by atoms with van der Waals surface area (Å²) in [4.78, 5) is 15.7. The Morgan fingerprint density at radius 1 is 1.35 bits per heavy atom. The number of ether oxygens (including phenoxy) is 2. The Morgan fingerprint density at radius 2 is 2.10 bits per heavy atom. The van der Waals surface area contributed by atoms with Gasteiger partial charge in [-0.2, -0.15) is 0 Å². The van der Waals surface area contributed by atoms with Gasteiger partial charge >= 0.3 is 5.97 Å². The van der Waals surface area contributed by atoms with E-state index in [0.29, 0.717) is 15.9 Å². The number of nitrogens with two attached hydrogens (primary N) is 1. The van der Waals surface area contributed by atoms with E-state index in [1.165, 1.54) is 13.3 Å². The monoisotopic (exact) mass is 356 g/mol. The third kappa shape index (κ3) is 2.86. The summed E-state index contributed by atoms with van der Waals surface area (Å²) >= 11 is 9.25. The molecule has 0 unspecified atom stereocenters.